The van der Waals surface area contributed by atoms with E-state index in [1.54, 1.807) is 34.3 Å². The standard InChI is InChI=1S/C18H23N3O3/c1-12-11-15(22)20-10-6-7-13(2)21(20)18(24)16(12)19-17(23)14-8-4-3-5-9-14/h3-5,8-9,12-13,16H,6-7,10-11H2,1-2H3,(H,19,23). The molecule has 1 aromatic carbocycles. The van der Waals surface area contributed by atoms with Gasteiger partial charge in [-0.1, -0.05) is 25.1 Å². The zero-order chi connectivity index (χ0) is 17.3. The molecule has 0 spiro atoms. The summed E-state index contributed by atoms with van der Waals surface area (Å²) in [6.45, 7) is 4.36. The van der Waals surface area contributed by atoms with Crippen LogP contribution in [0, 0.1) is 5.92 Å². The molecule has 0 bridgehead atoms. The van der Waals surface area contributed by atoms with E-state index in [1.807, 2.05) is 19.9 Å². The number of rotatable bonds is 2. The van der Waals surface area contributed by atoms with Gasteiger partial charge in [-0.3, -0.25) is 19.4 Å². The van der Waals surface area contributed by atoms with Crippen molar-refractivity contribution in [2.75, 3.05) is 6.54 Å². The van der Waals surface area contributed by atoms with Gasteiger partial charge in [-0.25, -0.2) is 5.01 Å². The lowest BCUT2D eigenvalue weighted by atomic mass is 9.97. The third-order valence-corrected chi connectivity index (χ3v) is 4.84. The van der Waals surface area contributed by atoms with Crippen LogP contribution >= 0.6 is 0 Å². The van der Waals surface area contributed by atoms with Crippen molar-refractivity contribution < 1.29 is 14.4 Å². The van der Waals surface area contributed by atoms with E-state index in [0.717, 1.165) is 12.8 Å². The topological polar surface area (TPSA) is 69.7 Å². The lowest BCUT2D eigenvalue weighted by Gasteiger charge is -2.42. The number of carbonyl (C=O) groups is 3. The summed E-state index contributed by atoms with van der Waals surface area (Å²) in [6.07, 6.45) is 2.02. The van der Waals surface area contributed by atoms with Gasteiger partial charge in [0.05, 0.1) is 6.04 Å². The molecule has 128 valence electrons. The Labute approximate surface area is 141 Å². The van der Waals surface area contributed by atoms with Crippen LogP contribution < -0.4 is 5.32 Å². The fraction of sp³-hybridized carbons (Fsp3) is 0.500. The van der Waals surface area contributed by atoms with Crippen molar-refractivity contribution >= 4 is 17.7 Å². The van der Waals surface area contributed by atoms with Gasteiger partial charge in [-0.05, 0) is 37.8 Å². The number of nitrogens with zero attached hydrogens (tertiary/aromatic N) is 2. The zero-order valence-electron chi connectivity index (χ0n) is 14.1. The van der Waals surface area contributed by atoms with Crippen molar-refractivity contribution in [3.63, 3.8) is 0 Å². The van der Waals surface area contributed by atoms with Gasteiger partial charge < -0.3 is 5.32 Å². The smallest absolute Gasteiger partial charge is 0.264 e. The van der Waals surface area contributed by atoms with Crippen molar-refractivity contribution in [1.82, 2.24) is 15.3 Å². The van der Waals surface area contributed by atoms with Gasteiger partial charge in [0.2, 0.25) is 5.91 Å². The quantitative estimate of drug-likeness (QED) is 0.895. The average molecular weight is 329 g/mol. The predicted molar refractivity (Wildman–Crippen MR) is 88.7 cm³/mol. The van der Waals surface area contributed by atoms with Gasteiger partial charge >= 0.3 is 0 Å². The monoisotopic (exact) mass is 329 g/mol. The van der Waals surface area contributed by atoms with Crippen molar-refractivity contribution in [2.45, 2.75) is 45.2 Å². The summed E-state index contributed by atoms with van der Waals surface area (Å²) in [6, 6.07) is 8.10. The fourth-order valence-corrected chi connectivity index (χ4v) is 3.49. The van der Waals surface area contributed by atoms with Crippen LogP contribution in [0.15, 0.2) is 30.3 Å². The van der Waals surface area contributed by atoms with Crippen LogP contribution in [-0.2, 0) is 9.59 Å². The first-order valence-corrected chi connectivity index (χ1v) is 8.48. The molecule has 2 fully saturated rings. The van der Waals surface area contributed by atoms with Crippen LogP contribution in [0.25, 0.3) is 0 Å². The van der Waals surface area contributed by atoms with Gasteiger partial charge in [-0.15, -0.1) is 0 Å². The number of hydrogen-bond acceptors (Lipinski definition) is 3. The summed E-state index contributed by atoms with van der Waals surface area (Å²) in [5.41, 5.74) is 0.511. The Morgan fingerprint density at radius 3 is 2.58 bits per heavy atom. The number of amides is 3. The Bertz CT molecular complexity index is 646. The molecule has 0 radical (unpaired) electrons. The van der Waals surface area contributed by atoms with Crippen LogP contribution in [0.4, 0.5) is 0 Å². The minimum Gasteiger partial charge on any atom is -0.340 e. The maximum absolute atomic E-state index is 13.0. The largest absolute Gasteiger partial charge is 0.340 e. The van der Waals surface area contributed by atoms with Gasteiger partial charge in [0, 0.05) is 18.5 Å². The first-order chi connectivity index (χ1) is 11.5. The summed E-state index contributed by atoms with van der Waals surface area (Å²) in [5, 5.41) is 5.97. The molecule has 0 aromatic heterocycles. The van der Waals surface area contributed by atoms with E-state index in [9.17, 15) is 14.4 Å². The molecule has 2 aliphatic rings. The van der Waals surface area contributed by atoms with Crippen molar-refractivity contribution in [1.29, 1.82) is 0 Å². The lowest BCUT2D eigenvalue weighted by Crippen LogP contribution is -2.60. The summed E-state index contributed by atoms with van der Waals surface area (Å²) in [5.74, 6) is -0.759. The van der Waals surface area contributed by atoms with Gasteiger partial charge in [0.1, 0.15) is 6.04 Å². The summed E-state index contributed by atoms with van der Waals surface area (Å²) in [7, 11) is 0. The highest BCUT2D eigenvalue weighted by Gasteiger charge is 2.43. The molecule has 0 aliphatic carbocycles. The van der Waals surface area contributed by atoms with E-state index in [4.69, 9.17) is 0 Å². The van der Waals surface area contributed by atoms with Crippen molar-refractivity contribution in [3.8, 4) is 0 Å². The molecule has 3 amide bonds. The molecule has 3 unspecified atom stereocenters. The number of nitrogens with one attached hydrogen (secondary N) is 1. The van der Waals surface area contributed by atoms with Gasteiger partial charge in [0.25, 0.3) is 11.8 Å². The SMILES string of the molecule is CC1CC(=O)N2CCCC(C)N2C(=O)C1NC(=O)c1ccccc1. The molecule has 3 atom stereocenters. The predicted octanol–water partition coefficient (Wildman–Crippen LogP) is 1.58. The van der Waals surface area contributed by atoms with Crippen LogP contribution in [0.2, 0.25) is 0 Å². The van der Waals surface area contributed by atoms with E-state index in [1.165, 1.54) is 0 Å². The highest BCUT2D eigenvalue weighted by atomic mass is 16.2. The van der Waals surface area contributed by atoms with Crippen molar-refractivity contribution in [2.24, 2.45) is 5.92 Å². The second-order valence-electron chi connectivity index (χ2n) is 6.69. The average Bonchev–Trinajstić information content (AvgIpc) is 2.67. The molecule has 24 heavy (non-hydrogen) atoms. The number of carbonyl (C=O) groups excluding carboxylic acids is 3. The minimum atomic E-state index is -0.688. The number of fused-ring (bicyclic) bond motifs is 1. The summed E-state index contributed by atoms with van der Waals surface area (Å²) in [4.78, 5) is 38.0. The molecule has 3 rings (SSSR count). The molecule has 6 heteroatoms. The van der Waals surface area contributed by atoms with Crippen LogP contribution in [0.5, 0.6) is 0 Å². The Balaban J connectivity index is 1.85. The lowest BCUT2D eigenvalue weighted by molar-refractivity contribution is -0.171. The molecular weight excluding hydrogens is 306 g/mol. The van der Waals surface area contributed by atoms with E-state index >= 15 is 0 Å². The molecule has 2 heterocycles. The molecule has 1 N–H and O–H groups in total. The molecule has 0 saturated carbocycles. The van der Waals surface area contributed by atoms with E-state index in [2.05, 4.69) is 5.32 Å². The third-order valence-electron chi connectivity index (χ3n) is 4.84. The van der Waals surface area contributed by atoms with Crippen molar-refractivity contribution in [3.05, 3.63) is 35.9 Å². The molecule has 1 aromatic rings. The molecule has 2 aliphatic heterocycles. The Kier molecular flexibility index (Phi) is 4.55. The Hall–Kier alpha value is -2.37. The van der Waals surface area contributed by atoms with E-state index < -0.39 is 6.04 Å². The second kappa shape index (κ2) is 6.63. The molecule has 6 nitrogen and oxygen atoms in total. The minimum absolute atomic E-state index is 0.0309. The molecular formula is C18H23N3O3. The van der Waals surface area contributed by atoms with Gasteiger partial charge in [0.15, 0.2) is 0 Å². The molecule has 2 saturated heterocycles. The zero-order valence-corrected chi connectivity index (χ0v) is 14.1. The van der Waals surface area contributed by atoms with Crippen LogP contribution in [0.3, 0.4) is 0 Å². The van der Waals surface area contributed by atoms with Crippen LogP contribution in [0.1, 0.15) is 43.5 Å². The normalized spacial score (nSPS) is 27.5. The first-order valence-electron chi connectivity index (χ1n) is 8.48. The Morgan fingerprint density at radius 1 is 1.17 bits per heavy atom. The number of hydrazine groups is 1. The van der Waals surface area contributed by atoms with E-state index in [0.29, 0.717) is 12.1 Å². The maximum atomic E-state index is 13.0. The van der Waals surface area contributed by atoms with Gasteiger partial charge in [-0.2, -0.15) is 0 Å². The third kappa shape index (κ3) is 3.00. The highest BCUT2D eigenvalue weighted by Crippen LogP contribution is 2.27. The van der Waals surface area contributed by atoms with E-state index in [-0.39, 0.29) is 36.1 Å². The van der Waals surface area contributed by atoms with Crippen LogP contribution in [-0.4, -0.2) is 46.4 Å². The fourth-order valence-electron chi connectivity index (χ4n) is 3.49. The summed E-state index contributed by atoms with van der Waals surface area (Å²) >= 11 is 0. The first kappa shape index (κ1) is 16.5. The number of hydrogen-bond donors (Lipinski definition) is 1. The summed E-state index contributed by atoms with van der Waals surface area (Å²) < 4.78 is 0. The highest BCUT2D eigenvalue weighted by molar-refractivity contribution is 5.98. The Morgan fingerprint density at radius 2 is 1.88 bits per heavy atom. The second-order valence-corrected chi connectivity index (χ2v) is 6.69. The maximum Gasteiger partial charge on any atom is 0.264 e. The number of benzene rings is 1.